The van der Waals surface area contributed by atoms with Crippen molar-refractivity contribution in [2.24, 2.45) is 0 Å². The summed E-state index contributed by atoms with van der Waals surface area (Å²) in [4.78, 5) is 12.2. The maximum atomic E-state index is 12.2. The number of anilines is 1. The van der Waals surface area contributed by atoms with Crippen molar-refractivity contribution in [3.8, 4) is 11.5 Å². The zero-order chi connectivity index (χ0) is 15.7. The lowest BCUT2D eigenvalue weighted by Crippen LogP contribution is -2.38. The predicted octanol–water partition coefficient (Wildman–Crippen LogP) is 3.21. The molecule has 2 aromatic carbocycles. The second-order valence-electron chi connectivity index (χ2n) is 4.86. The van der Waals surface area contributed by atoms with Crippen molar-refractivity contribution in [1.29, 1.82) is 0 Å². The van der Waals surface area contributed by atoms with Gasteiger partial charge in [0, 0.05) is 5.02 Å². The summed E-state index contributed by atoms with van der Waals surface area (Å²) in [6, 6.07) is 10.6. The molecule has 0 spiro atoms. The van der Waals surface area contributed by atoms with E-state index in [9.17, 15) is 4.79 Å². The van der Waals surface area contributed by atoms with Gasteiger partial charge in [-0.3, -0.25) is 4.79 Å². The molecule has 1 amide bonds. The highest BCUT2D eigenvalue weighted by atomic mass is 35.5. The Morgan fingerprint density at radius 1 is 1.00 bits per heavy atom. The first kappa shape index (κ1) is 14.5. The number of rotatable bonds is 3. The van der Waals surface area contributed by atoms with Gasteiger partial charge in [-0.15, -0.1) is 0 Å². The molecule has 0 aliphatic carbocycles. The zero-order valence-corrected chi connectivity index (χ0v) is 12.9. The highest BCUT2D eigenvalue weighted by Crippen LogP contribution is 2.33. The van der Waals surface area contributed by atoms with E-state index < -0.39 is 0 Å². The van der Waals surface area contributed by atoms with Gasteiger partial charge in [-0.2, -0.15) is 0 Å². The maximum absolute atomic E-state index is 12.2. The summed E-state index contributed by atoms with van der Waals surface area (Å²) in [7, 11) is 3.15. The number of ether oxygens (including phenoxy) is 2. The van der Waals surface area contributed by atoms with Gasteiger partial charge < -0.3 is 20.1 Å². The molecule has 0 saturated carbocycles. The minimum Gasteiger partial charge on any atom is -0.493 e. The number of hydrogen-bond acceptors (Lipinski definition) is 4. The predicted molar refractivity (Wildman–Crippen MR) is 84.8 cm³/mol. The van der Waals surface area contributed by atoms with E-state index in [0.717, 1.165) is 5.56 Å². The number of amides is 1. The van der Waals surface area contributed by atoms with E-state index >= 15 is 0 Å². The fourth-order valence-electron chi connectivity index (χ4n) is 2.43. The number of methoxy groups -OCH3 is 2. The number of halogens is 1. The molecule has 6 heteroatoms. The summed E-state index contributed by atoms with van der Waals surface area (Å²) < 4.78 is 10.5. The van der Waals surface area contributed by atoms with Crippen molar-refractivity contribution in [1.82, 2.24) is 5.32 Å². The molecule has 1 aliphatic heterocycles. The van der Waals surface area contributed by atoms with E-state index in [1.54, 1.807) is 38.5 Å². The summed E-state index contributed by atoms with van der Waals surface area (Å²) in [5, 5.41) is 6.74. The van der Waals surface area contributed by atoms with Gasteiger partial charge in [-0.05, 0) is 35.9 Å². The van der Waals surface area contributed by atoms with Gasteiger partial charge in [0.1, 0.15) is 6.17 Å². The van der Waals surface area contributed by atoms with Crippen molar-refractivity contribution in [2.75, 3.05) is 19.5 Å². The van der Waals surface area contributed by atoms with Crippen LogP contribution in [-0.2, 0) is 0 Å². The molecule has 1 atom stereocenters. The van der Waals surface area contributed by atoms with Crippen molar-refractivity contribution in [3.63, 3.8) is 0 Å². The highest BCUT2D eigenvalue weighted by Gasteiger charge is 2.25. The van der Waals surface area contributed by atoms with Crippen molar-refractivity contribution >= 4 is 23.2 Å². The third-order valence-corrected chi connectivity index (χ3v) is 3.78. The summed E-state index contributed by atoms with van der Waals surface area (Å²) in [5.41, 5.74) is 2.13. The van der Waals surface area contributed by atoms with Crippen molar-refractivity contribution in [2.45, 2.75) is 6.17 Å². The number of hydrogen-bond donors (Lipinski definition) is 2. The zero-order valence-electron chi connectivity index (χ0n) is 12.1. The first-order valence-corrected chi connectivity index (χ1v) is 7.09. The van der Waals surface area contributed by atoms with E-state index in [1.807, 2.05) is 12.1 Å². The molecule has 1 heterocycles. The first-order valence-electron chi connectivity index (χ1n) is 6.71. The largest absolute Gasteiger partial charge is 0.493 e. The third-order valence-electron chi connectivity index (χ3n) is 3.54. The molecule has 0 radical (unpaired) electrons. The molecule has 3 rings (SSSR count). The SMILES string of the molecule is COc1ccc([C@@H]2NC(=O)c3ccc(Cl)cc3N2)cc1OC. The first-order chi connectivity index (χ1) is 10.6. The molecule has 22 heavy (non-hydrogen) atoms. The Hall–Kier alpha value is -2.40. The Kier molecular flexibility index (Phi) is 3.81. The van der Waals surface area contributed by atoms with Gasteiger partial charge >= 0.3 is 0 Å². The van der Waals surface area contributed by atoms with Gasteiger partial charge in [-0.25, -0.2) is 0 Å². The van der Waals surface area contributed by atoms with Crippen LogP contribution < -0.4 is 20.1 Å². The molecule has 0 aromatic heterocycles. The fraction of sp³-hybridized carbons (Fsp3) is 0.188. The second kappa shape index (κ2) is 5.77. The third kappa shape index (κ3) is 2.55. The Labute approximate surface area is 133 Å². The molecule has 2 aromatic rings. The van der Waals surface area contributed by atoms with Crippen LogP contribution in [0.4, 0.5) is 5.69 Å². The lowest BCUT2D eigenvalue weighted by atomic mass is 10.1. The van der Waals surface area contributed by atoms with Gasteiger partial charge in [0.05, 0.1) is 25.5 Å². The number of benzene rings is 2. The summed E-state index contributed by atoms with van der Waals surface area (Å²) in [6.07, 6.45) is -0.363. The smallest absolute Gasteiger partial charge is 0.255 e. The fourth-order valence-corrected chi connectivity index (χ4v) is 2.61. The van der Waals surface area contributed by atoms with Crippen LogP contribution in [0.1, 0.15) is 22.1 Å². The Balaban J connectivity index is 1.95. The van der Waals surface area contributed by atoms with E-state index in [4.69, 9.17) is 21.1 Å². The Morgan fingerprint density at radius 3 is 2.50 bits per heavy atom. The minimum absolute atomic E-state index is 0.148. The molecule has 2 N–H and O–H groups in total. The molecule has 0 saturated heterocycles. The summed E-state index contributed by atoms with van der Waals surface area (Å²) in [6.45, 7) is 0. The van der Waals surface area contributed by atoms with Crippen LogP contribution in [0.2, 0.25) is 5.02 Å². The molecule has 114 valence electrons. The van der Waals surface area contributed by atoms with Gasteiger partial charge in [0.15, 0.2) is 11.5 Å². The topological polar surface area (TPSA) is 59.6 Å². The molecule has 0 fully saturated rings. The van der Waals surface area contributed by atoms with E-state index in [1.165, 1.54) is 0 Å². The molecule has 1 aliphatic rings. The number of nitrogens with one attached hydrogen (secondary N) is 2. The second-order valence-corrected chi connectivity index (χ2v) is 5.29. The van der Waals surface area contributed by atoms with Crippen LogP contribution in [0.25, 0.3) is 0 Å². The average Bonchev–Trinajstić information content (AvgIpc) is 2.53. The van der Waals surface area contributed by atoms with Crippen molar-refractivity contribution < 1.29 is 14.3 Å². The Bertz CT molecular complexity index is 733. The molecule has 0 unspecified atom stereocenters. The minimum atomic E-state index is -0.363. The van der Waals surface area contributed by atoms with E-state index in [0.29, 0.717) is 27.8 Å². The van der Waals surface area contributed by atoms with Crippen LogP contribution in [0.15, 0.2) is 36.4 Å². The molecular formula is C16H15ClN2O3. The van der Waals surface area contributed by atoms with Crippen LogP contribution >= 0.6 is 11.6 Å². The summed E-state index contributed by atoms with van der Waals surface area (Å²) in [5.74, 6) is 1.09. The van der Waals surface area contributed by atoms with Crippen LogP contribution in [-0.4, -0.2) is 20.1 Å². The normalized spacial score (nSPS) is 16.3. The van der Waals surface area contributed by atoms with Gasteiger partial charge in [0.2, 0.25) is 0 Å². The lowest BCUT2D eigenvalue weighted by Gasteiger charge is -2.28. The molecule has 5 nitrogen and oxygen atoms in total. The number of fused-ring (bicyclic) bond motifs is 1. The average molecular weight is 319 g/mol. The molecular weight excluding hydrogens is 304 g/mol. The van der Waals surface area contributed by atoms with Crippen LogP contribution in [0.3, 0.4) is 0 Å². The standard InChI is InChI=1S/C16H15ClN2O3/c1-21-13-6-3-9(7-14(13)22-2)15-18-12-8-10(17)4-5-11(12)16(20)19-15/h3-8,15,18H,1-2H3,(H,19,20)/t15-/m0/s1. The highest BCUT2D eigenvalue weighted by molar-refractivity contribution is 6.31. The van der Waals surface area contributed by atoms with Gasteiger partial charge in [0.25, 0.3) is 5.91 Å². The quantitative estimate of drug-likeness (QED) is 0.912. The maximum Gasteiger partial charge on any atom is 0.255 e. The Morgan fingerprint density at radius 2 is 1.77 bits per heavy atom. The molecule has 0 bridgehead atoms. The number of carbonyl (C=O) groups excluding carboxylic acids is 1. The summed E-state index contributed by atoms with van der Waals surface area (Å²) >= 11 is 6.00. The van der Waals surface area contributed by atoms with E-state index in [-0.39, 0.29) is 12.1 Å². The number of carbonyl (C=O) groups is 1. The van der Waals surface area contributed by atoms with Gasteiger partial charge in [-0.1, -0.05) is 17.7 Å². The monoisotopic (exact) mass is 318 g/mol. The lowest BCUT2D eigenvalue weighted by molar-refractivity contribution is 0.0935. The van der Waals surface area contributed by atoms with Crippen molar-refractivity contribution in [3.05, 3.63) is 52.5 Å². The van der Waals surface area contributed by atoms with Crippen LogP contribution in [0, 0.1) is 0 Å². The van der Waals surface area contributed by atoms with Crippen LogP contribution in [0.5, 0.6) is 11.5 Å². The van der Waals surface area contributed by atoms with E-state index in [2.05, 4.69) is 10.6 Å².